The van der Waals surface area contributed by atoms with E-state index in [1.807, 2.05) is 0 Å². The molecule has 36 heavy (non-hydrogen) atoms. The third-order valence-electron chi connectivity index (χ3n) is 7.85. The van der Waals surface area contributed by atoms with Crippen LogP contribution in [-0.2, 0) is 5.41 Å². The van der Waals surface area contributed by atoms with Crippen molar-refractivity contribution in [3.05, 3.63) is 132 Å². The van der Waals surface area contributed by atoms with Crippen LogP contribution >= 0.6 is 0 Å². The Kier molecular flexibility index (Phi) is 5.41. The zero-order valence-electron chi connectivity index (χ0n) is 21.5. The van der Waals surface area contributed by atoms with Crippen molar-refractivity contribution in [3.8, 4) is 44.5 Å². The highest BCUT2D eigenvalue weighted by Crippen LogP contribution is 2.54. The average Bonchev–Trinajstić information content (AvgIpc) is 3.15. The van der Waals surface area contributed by atoms with Gasteiger partial charge in [-0.05, 0) is 79.2 Å². The largest absolute Gasteiger partial charge is 0.0622 e. The minimum Gasteiger partial charge on any atom is -0.0622 e. The van der Waals surface area contributed by atoms with Gasteiger partial charge < -0.3 is 0 Å². The van der Waals surface area contributed by atoms with Crippen LogP contribution in [0.15, 0.2) is 115 Å². The molecule has 1 aliphatic rings. The van der Waals surface area contributed by atoms with E-state index in [1.54, 1.807) is 0 Å². The molecule has 0 saturated heterocycles. The van der Waals surface area contributed by atoms with Crippen LogP contribution in [0.1, 0.15) is 50.3 Å². The quantitative estimate of drug-likeness (QED) is 0.248. The van der Waals surface area contributed by atoms with E-state index in [-0.39, 0.29) is 5.41 Å². The van der Waals surface area contributed by atoms with Gasteiger partial charge in [0.1, 0.15) is 0 Å². The Morgan fingerprint density at radius 2 is 1.00 bits per heavy atom. The number of hydrogen-bond donors (Lipinski definition) is 0. The van der Waals surface area contributed by atoms with Gasteiger partial charge in [-0.3, -0.25) is 0 Å². The first-order valence-corrected chi connectivity index (χ1v) is 13.0. The summed E-state index contributed by atoms with van der Waals surface area (Å²) in [5.41, 5.74) is 14.6. The molecule has 0 aliphatic heterocycles. The second-order valence-electron chi connectivity index (χ2n) is 10.8. The van der Waals surface area contributed by atoms with Crippen LogP contribution in [0.4, 0.5) is 0 Å². The highest BCUT2D eigenvalue weighted by atomic mass is 14.4. The molecule has 1 aliphatic carbocycles. The molecule has 0 N–H and O–H groups in total. The molecule has 0 fully saturated rings. The summed E-state index contributed by atoms with van der Waals surface area (Å²) in [5.74, 6) is 0.514. The lowest BCUT2D eigenvalue weighted by Gasteiger charge is -2.26. The van der Waals surface area contributed by atoms with Gasteiger partial charge in [0.15, 0.2) is 0 Å². The highest BCUT2D eigenvalue weighted by molar-refractivity contribution is 5.92. The molecule has 0 heterocycles. The topological polar surface area (TPSA) is 0 Å². The van der Waals surface area contributed by atoms with Gasteiger partial charge in [0.25, 0.3) is 0 Å². The van der Waals surface area contributed by atoms with Gasteiger partial charge >= 0.3 is 0 Å². The fraction of sp³-hybridized carbons (Fsp3) is 0.167. The van der Waals surface area contributed by atoms with Crippen LogP contribution in [-0.4, -0.2) is 0 Å². The van der Waals surface area contributed by atoms with Gasteiger partial charge in [0.05, 0.1) is 0 Å². The standard InChI is InChI=1S/C36H32/c1-24(2)29-19-20-31-33-22-30(26-13-9-6-10-14-26)21-32(35(33)36(3,4)34(31)23-29)28-17-15-27(16-18-28)25-11-7-5-8-12-25/h5-24H,1-4H3. The molecule has 5 aromatic carbocycles. The molecule has 0 bridgehead atoms. The van der Waals surface area contributed by atoms with E-state index in [1.165, 1.54) is 61.2 Å². The lowest BCUT2D eigenvalue weighted by atomic mass is 9.77. The SMILES string of the molecule is CC(C)c1ccc2c(c1)C(C)(C)c1c(-c3ccc(-c4ccccc4)cc3)cc(-c3ccccc3)cc1-2. The summed E-state index contributed by atoms with van der Waals surface area (Å²) in [5, 5.41) is 0. The fourth-order valence-corrected chi connectivity index (χ4v) is 5.83. The van der Waals surface area contributed by atoms with E-state index in [2.05, 4.69) is 143 Å². The van der Waals surface area contributed by atoms with Crippen molar-refractivity contribution in [1.82, 2.24) is 0 Å². The maximum Gasteiger partial charge on any atom is 0.0165 e. The van der Waals surface area contributed by atoms with Crippen molar-refractivity contribution >= 4 is 0 Å². The molecule has 0 amide bonds. The number of rotatable bonds is 4. The Labute approximate surface area is 215 Å². The Bertz CT molecular complexity index is 1540. The van der Waals surface area contributed by atoms with Gasteiger partial charge in [-0.15, -0.1) is 0 Å². The molecule has 0 nitrogen and oxygen atoms in total. The Balaban J connectivity index is 1.57. The summed E-state index contributed by atoms with van der Waals surface area (Å²) in [6, 6.07) is 42.5. The van der Waals surface area contributed by atoms with E-state index in [0.29, 0.717) is 5.92 Å². The fourth-order valence-electron chi connectivity index (χ4n) is 5.83. The van der Waals surface area contributed by atoms with Crippen molar-refractivity contribution in [3.63, 3.8) is 0 Å². The maximum atomic E-state index is 2.45. The normalized spacial score (nSPS) is 13.5. The van der Waals surface area contributed by atoms with Crippen molar-refractivity contribution in [1.29, 1.82) is 0 Å². The number of benzene rings is 5. The maximum absolute atomic E-state index is 2.45. The molecule has 0 heteroatoms. The van der Waals surface area contributed by atoms with Crippen molar-refractivity contribution in [2.24, 2.45) is 0 Å². The van der Waals surface area contributed by atoms with Crippen molar-refractivity contribution in [2.75, 3.05) is 0 Å². The minimum absolute atomic E-state index is 0.0712. The molecule has 0 radical (unpaired) electrons. The molecule has 0 aromatic heterocycles. The van der Waals surface area contributed by atoms with Gasteiger partial charge in [-0.25, -0.2) is 0 Å². The molecule has 5 aromatic rings. The average molecular weight is 465 g/mol. The Morgan fingerprint density at radius 1 is 0.472 bits per heavy atom. The van der Waals surface area contributed by atoms with Crippen LogP contribution in [0.2, 0.25) is 0 Å². The predicted octanol–water partition coefficient (Wildman–Crippen LogP) is 10.1. The summed E-state index contributed by atoms with van der Waals surface area (Å²) < 4.78 is 0. The molecule has 176 valence electrons. The first kappa shape index (κ1) is 22.6. The third kappa shape index (κ3) is 3.69. The van der Waals surface area contributed by atoms with E-state index in [9.17, 15) is 0 Å². The van der Waals surface area contributed by atoms with Crippen LogP contribution in [0.3, 0.4) is 0 Å². The van der Waals surface area contributed by atoms with Gasteiger partial charge in [-0.2, -0.15) is 0 Å². The number of fused-ring (bicyclic) bond motifs is 3. The summed E-state index contributed by atoms with van der Waals surface area (Å²) in [6.45, 7) is 9.35. The second kappa shape index (κ2) is 8.64. The summed E-state index contributed by atoms with van der Waals surface area (Å²) in [7, 11) is 0. The first-order chi connectivity index (χ1) is 17.4. The molecule has 6 rings (SSSR count). The summed E-state index contributed by atoms with van der Waals surface area (Å²) in [6.07, 6.45) is 0. The Morgan fingerprint density at radius 3 is 1.61 bits per heavy atom. The smallest absolute Gasteiger partial charge is 0.0165 e. The van der Waals surface area contributed by atoms with Crippen molar-refractivity contribution < 1.29 is 0 Å². The van der Waals surface area contributed by atoms with E-state index >= 15 is 0 Å². The summed E-state index contributed by atoms with van der Waals surface area (Å²) >= 11 is 0. The zero-order chi connectivity index (χ0) is 24.9. The van der Waals surface area contributed by atoms with E-state index in [4.69, 9.17) is 0 Å². The van der Waals surface area contributed by atoms with Crippen molar-refractivity contribution in [2.45, 2.75) is 39.0 Å². The second-order valence-corrected chi connectivity index (χ2v) is 10.8. The zero-order valence-corrected chi connectivity index (χ0v) is 21.5. The molecule has 0 saturated carbocycles. The lowest BCUT2D eigenvalue weighted by Crippen LogP contribution is -2.16. The van der Waals surface area contributed by atoms with Gasteiger partial charge in [0.2, 0.25) is 0 Å². The highest BCUT2D eigenvalue weighted by Gasteiger charge is 2.38. The Hall–Kier alpha value is -3.90. The first-order valence-electron chi connectivity index (χ1n) is 13.0. The van der Waals surface area contributed by atoms with Crippen LogP contribution in [0.25, 0.3) is 44.5 Å². The number of hydrogen-bond acceptors (Lipinski definition) is 0. The molecule has 0 atom stereocenters. The summed E-state index contributed by atoms with van der Waals surface area (Å²) in [4.78, 5) is 0. The minimum atomic E-state index is -0.0712. The van der Waals surface area contributed by atoms with E-state index < -0.39 is 0 Å². The third-order valence-corrected chi connectivity index (χ3v) is 7.85. The van der Waals surface area contributed by atoms with E-state index in [0.717, 1.165) is 0 Å². The van der Waals surface area contributed by atoms with Crippen LogP contribution in [0, 0.1) is 0 Å². The predicted molar refractivity (Wildman–Crippen MR) is 154 cm³/mol. The van der Waals surface area contributed by atoms with Gasteiger partial charge in [0, 0.05) is 5.41 Å². The molecular weight excluding hydrogens is 432 g/mol. The molecule has 0 spiro atoms. The van der Waals surface area contributed by atoms with Crippen LogP contribution in [0.5, 0.6) is 0 Å². The lowest BCUT2D eigenvalue weighted by molar-refractivity contribution is 0.659. The molecule has 0 unspecified atom stereocenters. The van der Waals surface area contributed by atoms with Gasteiger partial charge in [-0.1, -0.05) is 131 Å². The monoisotopic (exact) mass is 464 g/mol. The molecular formula is C36H32. The van der Waals surface area contributed by atoms with Crippen LogP contribution < -0.4 is 0 Å².